The second kappa shape index (κ2) is 2.74. The molecule has 11 heavy (non-hydrogen) atoms. The van der Waals surface area contributed by atoms with Gasteiger partial charge in [0.25, 0.3) is 0 Å². The SMILES string of the molecule is C=C(C)C(=O)c1ccn(C)c1. The molecule has 1 heterocycles. The summed E-state index contributed by atoms with van der Waals surface area (Å²) in [6.45, 7) is 5.30. The molecule has 0 amide bonds. The van der Waals surface area contributed by atoms with Crippen LogP contribution in [0.3, 0.4) is 0 Å². The summed E-state index contributed by atoms with van der Waals surface area (Å²) < 4.78 is 1.84. The molecule has 0 saturated heterocycles. The number of carbonyl (C=O) groups excluding carboxylic acids is 1. The summed E-state index contributed by atoms with van der Waals surface area (Å²) in [5, 5.41) is 0. The van der Waals surface area contributed by atoms with Crippen molar-refractivity contribution in [3.05, 3.63) is 36.2 Å². The number of hydrogen-bond acceptors (Lipinski definition) is 1. The Hall–Kier alpha value is -1.31. The lowest BCUT2D eigenvalue weighted by Crippen LogP contribution is -1.97. The number of aryl methyl sites for hydroxylation is 1. The van der Waals surface area contributed by atoms with E-state index in [2.05, 4.69) is 6.58 Å². The molecule has 1 rings (SSSR count). The maximum atomic E-state index is 11.2. The van der Waals surface area contributed by atoms with Crippen LogP contribution in [-0.4, -0.2) is 10.4 Å². The largest absolute Gasteiger partial charge is 0.357 e. The van der Waals surface area contributed by atoms with Crippen molar-refractivity contribution in [2.24, 2.45) is 7.05 Å². The van der Waals surface area contributed by atoms with Gasteiger partial charge in [0.15, 0.2) is 5.78 Å². The first-order valence-corrected chi connectivity index (χ1v) is 3.43. The predicted molar refractivity (Wildman–Crippen MR) is 44.6 cm³/mol. The molecule has 0 aliphatic rings. The number of nitrogens with zero attached hydrogens (tertiary/aromatic N) is 1. The van der Waals surface area contributed by atoms with E-state index in [-0.39, 0.29) is 5.78 Å². The zero-order chi connectivity index (χ0) is 8.43. The van der Waals surface area contributed by atoms with Gasteiger partial charge in [-0.15, -0.1) is 0 Å². The molecule has 58 valence electrons. The first kappa shape index (κ1) is 7.79. The molecule has 2 nitrogen and oxygen atoms in total. The highest BCUT2D eigenvalue weighted by Gasteiger charge is 2.05. The van der Waals surface area contributed by atoms with Crippen LogP contribution in [-0.2, 0) is 7.05 Å². The third-order valence-electron chi connectivity index (χ3n) is 1.48. The van der Waals surface area contributed by atoms with Crippen LogP contribution >= 0.6 is 0 Å². The lowest BCUT2D eigenvalue weighted by Gasteiger charge is -1.92. The summed E-state index contributed by atoms with van der Waals surface area (Å²) in [7, 11) is 1.88. The van der Waals surface area contributed by atoms with Gasteiger partial charge in [0, 0.05) is 25.0 Å². The highest BCUT2D eigenvalue weighted by atomic mass is 16.1. The Bertz CT molecular complexity index is 296. The minimum absolute atomic E-state index is 0.0191. The van der Waals surface area contributed by atoms with Gasteiger partial charge < -0.3 is 4.57 Å². The van der Waals surface area contributed by atoms with Crippen molar-refractivity contribution >= 4 is 5.78 Å². The van der Waals surface area contributed by atoms with Crippen molar-refractivity contribution in [2.45, 2.75) is 6.92 Å². The van der Waals surface area contributed by atoms with Gasteiger partial charge in [-0.1, -0.05) is 6.58 Å². The number of aromatic nitrogens is 1. The van der Waals surface area contributed by atoms with E-state index in [9.17, 15) is 4.79 Å². The summed E-state index contributed by atoms with van der Waals surface area (Å²) in [6, 6.07) is 1.79. The number of ketones is 1. The topological polar surface area (TPSA) is 22.0 Å². The second-order valence-corrected chi connectivity index (χ2v) is 2.68. The minimum Gasteiger partial charge on any atom is -0.357 e. The van der Waals surface area contributed by atoms with Crippen LogP contribution in [0.15, 0.2) is 30.6 Å². The smallest absolute Gasteiger partial charge is 0.189 e. The molecule has 0 saturated carbocycles. The minimum atomic E-state index is 0.0191. The Kier molecular flexibility index (Phi) is 1.94. The zero-order valence-corrected chi connectivity index (χ0v) is 6.79. The fraction of sp³-hybridized carbons (Fsp3) is 0.222. The standard InChI is InChI=1S/C9H11NO/c1-7(2)9(11)8-4-5-10(3)6-8/h4-6H,1H2,2-3H3. The molecule has 0 aromatic carbocycles. The maximum Gasteiger partial charge on any atom is 0.189 e. The van der Waals surface area contributed by atoms with Crippen LogP contribution in [0.1, 0.15) is 17.3 Å². The summed E-state index contributed by atoms with van der Waals surface area (Å²) in [5.74, 6) is 0.0191. The Morgan fingerprint density at radius 1 is 1.64 bits per heavy atom. The fourth-order valence-corrected chi connectivity index (χ4v) is 0.884. The van der Waals surface area contributed by atoms with E-state index < -0.39 is 0 Å². The zero-order valence-electron chi connectivity index (χ0n) is 6.79. The van der Waals surface area contributed by atoms with Gasteiger partial charge in [-0.3, -0.25) is 4.79 Å². The van der Waals surface area contributed by atoms with Gasteiger partial charge in [0.05, 0.1) is 0 Å². The number of carbonyl (C=O) groups is 1. The molecule has 2 heteroatoms. The maximum absolute atomic E-state index is 11.2. The first-order chi connectivity index (χ1) is 5.11. The number of allylic oxidation sites excluding steroid dienone is 1. The summed E-state index contributed by atoms with van der Waals surface area (Å²) >= 11 is 0. The van der Waals surface area contributed by atoms with Crippen LogP contribution in [0.5, 0.6) is 0 Å². The van der Waals surface area contributed by atoms with E-state index in [0.717, 1.165) is 0 Å². The molecule has 0 N–H and O–H groups in total. The van der Waals surface area contributed by atoms with Crippen molar-refractivity contribution in [1.82, 2.24) is 4.57 Å². The van der Waals surface area contributed by atoms with Crippen molar-refractivity contribution in [1.29, 1.82) is 0 Å². The van der Waals surface area contributed by atoms with E-state index in [0.29, 0.717) is 11.1 Å². The third-order valence-corrected chi connectivity index (χ3v) is 1.48. The Balaban J connectivity index is 2.94. The number of Topliss-reactive ketones (excluding diaryl/α,β-unsaturated/α-hetero) is 1. The Morgan fingerprint density at radius 3 is 2.64 bits per heavy atom. The summed E-state index contributed by atoms with van der Waals surface area (Å²) in [4.78, 5) is 11.2. The molecule has 0 unspecified atom stereocenters. The molecular formula is C9H11NO. The second-order valence-electron chi connectivity index (χ2n) is 2.68. The van der Waals surface area contributed by atoms with E-state index in [1.54, 1.807) is 19.2 Å². The Morgan fingerprint density at radius 2 is 2.27 bits per heavy atom. The monoisotopic (exact) mass is 149 g/mol. The molecule has 0 aliphatic carbocycles. The molecule has 1 aromatic heterocycles. The van der Waals surface area contributed by atoms with Crippen LogP contribution in [0, 0.1) is 0 Å². The number of rotatable bonds is 2. The van der Waals surface area contributed by atoms with Crippen molar-refractivity contribution in [3.8, 4) is 0 Å². The van der Waals surface area contributed by atoms with E-state index in [4.69, 9.17) is 0 Å². The van der Waals surface area contributed by atoms with Crippen LogP contribution in [0.25, 0.3) is 0 Å². The van der Waals surface area contributed by atoms with Gasteiger partial charge in [-0.2, -0.15) is 0 Å². The third kappa shape index (κ3) is 1.58. The molecule has 0 radical (unpaired) electrons. The Labute approximate surface area is 66.1 Å². The first-order valence-electron chi connectivity index (χ1n) is 3.43. The lowest BCUT2D eigenvalue weighted by molar-refractivity contribution is 0.103. The molecule has 0 bridgehead atoms. The fourth-order valence-electron chi connectivity index (χ4n) is 0.884. The molecule has 0 aliphatic heterocycles. The van der Waals surface area contributed by atoms with Gasteiger partial charge in [0.1, 0.15) is 0 Å². The highest BCUT2D eigenvalue weighted by Crippen LogP contribution is 2.05. The average molecular weight is 149 g/mol. The van der Waals surface area contributed by atoms with Crippen LogP contribution < -0.4 is 0 Å². The molecule has 0 fully saturated rings. The molecular weight excluding hydrogens is 138 g/mol. The normalized spacial score (nSPS) is 9.64. The van der Waals surface area contributed by atoms with Gasteiger partial charge >= 0.3 is 0 Å². The quantitative estimate of drug-likeness (QED) is 0.464. The van der Waals surface area contributed by atoms with E-state index in [1.807, 2.05) is 17.8 Å². The van der Waals surface area contributed by atoms with Crippen molar-refractivity contribution in [2.75, 3.05) is 0 Å². The molecule has 0 spiro atoms. The average Bonchev–Trinajstić information content (AvgIpc) is 2.34. The van der Waals surface area contributed by atoms with E-state index in [1.165, 1.54) is 0 Å². The summed E-state index contributed by atoms with van der Waals surface area (Å²) in [5.41, 5.74) is 1.29. The van der Waals surface area contributed by atoms with Crippen molar-refractivity contribution < 1.29 is 4.79 Å². The van der Waals surface area contributed by atoms with Crippen LogP contribution in [0.2, 0.25) is 0 Å². The molecule has 0 atom stereocenters. The van der Waals surface area contributed by atoms with Crippen LogP contribution in [0.4, 0.5) is 0 Å². The van der Waals surface area contributed by atoms with Gasteiger partial charge in [-0.25, -0.2) is 0 Å². The summed E-state index contributed by atoms with van der Waals surface area (Å²) in [6.07, 6.45) is 3.63. The highest BCUT2D eigenvalue weighted by molar-refractivity contribution is 6.07. The lowest BCUT2D eigenvalue weighted by atomic mass is 10.1. The van der Waals surface area contributed by atoms with Crippen molar-refractivity contribution in [3.63, 3.8) is 0 Å². The van der Waals surface area contributed by atoms with Gasteiger partial charge in [0.2, 0.25) is 0 Å². The number of hydrogen-bond donors (Lipinski definition) is 0. The van der Waals surface area contributed by atoms with E-state index >= 15 is 0 Å². The van der Waals surface area contributed by atoms with Gasteiger partial charge in [-0.05, 0) is 18.6 Å². The molecule has 1 aromatic rings. The predicted octanol–water partition coefficient (Wildman–Crippen LogP) is 1.78.